The van der Waals surface area contributed by atoms with E-state index in [1.54, 1.807) is 0 Å². The number of benzene rings is 1. The minimum atomic E-state index is 0.779. The first-order valence-electron chi connectivity index (χ1n) is 5.80. The van der Waals surface area contributed by atoms with Crippen LogP contribution >= 0.6 is 0 Å². The molecular weight excluding hydrogens is 210 g/mol. The molecule has 0 aromatic heterocycles. The van der Waals surface area contributed by atoms with Gasteiger partial charge in [-0.05, 0) is 51.2 Å². The lowest BCUT2D eigenvalue weighted by Crippen LogP contribution is -2.14. The minimum absolute atomic E-state index is 0.779. The molecule has 3 nitrogen and oxygen atoms in total. The van der Waals surface area contributed by atoms with Crippen molar-refractivity contribution in [3.05, 3.63) is 23.3 Å². The number of nitrogens with two attached hydrogens (primary N) is 1. The average Bonchev–Trinajstić information content (AvgIpc) is 2.30. The van der Waals surface area contributed by atoms with Gasteiger partial charge >= 0.3 is 0 Å². The summed E-state index contributed by atoms with van der Waals surface area (Å²) in [6, 6.07) is 3.88. The minimum Gasteiger partial charge on any atom is -0.397 e. The molecule has 0 amide bonds. The van der Waals surface area contributed by atoms with Crippen molar-refractivity contribution >= 4 is 11.4 Å². The van der Waals surface area contributed by atoms with Crippen LogP contribution in [0, 0.1) is 12.3 Å². The summed E-state index contributed by atoms with van der Waals surface area (Å²) in [7, 11) is 6.00. The van der Waals surface area contributed by atoms with Crippen LogP contribution in [0.15, 0.2) is 12.1 Å². The third-order valence-electron chi connectivity index (χ3n) is 2.81. The summed E-state index contributed by atoms with van der Waals surface area (Å²) >= 11 is 0. The summed E-state index contributed by atoms with van der Waals surface area (Å²) in [5, 5.41) is 3.08. The highest BCUT2D eigenvalue weighted by atomic mass is 15.0. The van der Waals surface area contributed by atoms with E-state index in [0.29, 0.717) is 0 Å². The third kappa shape index (κ3) is 3.40. The van der Waals surface area contributed by atoms with Gasteiger partial charge in [-0.3, -0.25) is 0 Å². The first-order valence-corrected chi connectivity index (χ1v) is 5.80. The number of hydrogen-bond acceptors (Lipinski definition) is 3. The molecule has 0 aliphatic heterocycles. The van der Waals surface area contributed by atoms with E-state index >= 15 is 0 Å². The summed E-state index contributed by atoms with van der Waals surface area (Å²) in [6.45, 7) is 1.03. The van der Waals surface area contributed by atoms with Gasteiger partial charge in [0.25, 0.3) is 0 Å². The van der Waals surface area contributed by atoms with Crippen molar-refractivity contribution in [2.45, 2.75) is 12.8 Å². The molecule has 0 unspecified atom stereocenters. The number of nitrogen functional groups attached to an aromatic ring is 1. The molecule has 0 spiro atoms. The molecule has 92 valence electrons. The van der Waals surface area contributed by atoms with Gasteiger partial charge in [0.2, 0.25) is 0 Å². The summed E-state index contributed by atoms with van der Waals surface area (Å²) in [5.74, 6) is 2.70. The molecule has 0 bridgehead atoms. The SMILES string of the molecule is C#Cc1ccc(NC)c(N)c1CCCN(C)C. The molecule has 17 heavy (non-hydrogen) atoms. The van der Waals surface area contributed by atoms with E-state index in [0.717, 1.165) is 41.9 Å². The molecule has 3 heteroatoms. The topological polar surface area (TPSA) is 41.3 Å². The van der Waals surface area contributed by atoms with Gasteiger partial charge in [-0.2, -0.15) is 0 Å². The number of nitrogens with one attached hydrogen (secondary N) is 1. The van der Waals surface area contributed by atoms with E-state index in [-0.39, 0.29) is 0 Å². The van der Waals surface area contributed by atoms with Crippen LogP contribution in [-0.4, -0.2) is 32.6 Å². The Balaban J connectivity index is 2.91. The Morgan fingerprint density at radius 3 is 2.65 bits per heavy atom. The molecule has 1 aromatic rings. The Bertz CT molecular complexity index is 416. The lowest BCUT2D eigenvalue weighted by molar-refractivity contribution is 0.400. The van der Waals surface area contributed by atoms with Crippen molar-refractivity contribution < 1.29 is 0 Å². The molecule has 0 atom stereocenters. The third-order valence-corrected chi connectivity index (χ3v) is 2.81. The molecule has 0 saturated heterocycles. The van der Waals surface area contributed by atoms with Crippen molar-refractivity contribution in [3.8, 4) is 12.3 Å². The summed E-state index contributed by atoms with van der Waals surface area (Å²) in [6.07, 6.45) is 7.48. The van der Waals surface area contributed by atoms with Gasteiger partial charge in [-0.25, -0.2) is 0 Å². The quantitative estimate of drug-likeness (QED) is 0.599. The van der Waals surface area contributed by atoms with E-state index in [9.17, 15) is 0 Å². The van der Waals surface area contributed by atoms with Crippen molar-refractivity contribution in [2.75, 3.05) is 38.7 Å². The summed E-state index contributed by atoms with van der Waals surface area (Å²) < 4.78 is 0. The van der Waals surface area contributed by atoms with Gasteiger partial charge < -0.3 is 16.0 Å². The Morgan fingerprint density at radius 2 is 2.12 bits per heavy atom. The van der Waals surface area contributed by atoms with Gasteiger partial charge in [0, 0.05) is 12.6 Å². The van der Waals surface area contributed by atoms with Crippen LogP contribution in [0.3, 0.4) is 0 Å². The molecule has 0 fully saturated rings. The monoisotopic (exact) mass is 231 g/mol. The molecule has 1 aromatic carbocycles. The van der Waals surface area contributed by atoms with Crippen LogP contribution in [0.2, 0.25) is 0 Å². The Kier molecular flexibility index (Phi) is 4.86. The van der Waals surface area contributed by atoms with Crippen LogP contribution in [-0.2, 0) is 6.42 Å². The molecule has 0 aliphatic carbocycles. The Labute approximate surface area is 104 Å². The lowest BCUT2D eigenvalue weighted by Gasteiger charge is -2.14. The lowest BCUT2D eigenvalue weighted by atomic mass is 9.99. The number of hydrogen-bond donors (Lipinski definition) is 2. The Morgan fingerprint density at radius 1 is 1.41 bits per heavy atom. The van der Waals surface area contributed by atoms with E-state index in [1.807, 2.05) is 19.2 Å². The van der Waals surface area contributed by atoms with Crippen LogP contribution in [0.4, 0.5) is 11.4 Å². The molecule has 0 saturated carbocycles. The van der Waals surface area contributed by atoms with Crippen molar-refractivity contribution in [1.82, 2.24) is 4.90 Å². The van der Waals surface area contributed by atoms with Gasteiger partial charge in [0.05, 0.1) is 11.4 Å². The van der Waals surface area contributed by atoms with E-state index in [1.165, 1.54) is 0 Å². The molecule has 0 radical (unpaired) electrons. The maximum absolute atomic E-state index is 6.12. The fraction of sp³-hybridized carbons (Fsp3) is 0.429. The molecule has 3 N–H and O–H groups in total. The van der Waals surface area contributed by atoms with Crippen molar-refractivity contribution in [3.63, 3.8) is 0 Å². The van der Waals surface area contributed by atoms with Crippen molar-refractivity contribution in [2.24, 2.45) is 0 Å². The smallest absolute Gasteiger partial charge is 0.0594 e. The van der Waals surface area contributed by atoms with Crippen LogP contribution < -0.4 is 11.1 Å². The second kappa shape index (κ2) is 6.17. The largest absolute Gasteiger partial charge is 0.397 e. The van der Waals surface area contributed by atoms with Gasteiger partial charge in [-0.1, -0.05) is 5.92 Å². The normalized spacial score (nSPS) is 10.3. The zero-order valence-electron chi connectivity index (χ0n) is 10.9. The Hall–Kier alpha value is -1.66. The number of rotatable bonds is 5. The maximum atomic E-state index is 6.12. The zero-order chi connectivity index (χ0) is 12.8. The second-order valence-corrected chi connectivity index (χ2v) is 4.35. The first kappa shape index (κ1) is 13.4. The molecule has 1 rings (SSSR count). The molecule has 0 heterocycles. The average molecular weight is 231 g/mol. The van der Waals surface area contributed by atoms with E-state index in [2.05, 4.69) is 30.2 Å². The van der Waals surface area contributed by atoms with E-state index in [4.69, 9.17) is 12.2 Å². The fourth-order valence-electron chi connectivity index (χ4n) is 1.86. The molecule has 0 aliphatic rings. The zero-order valence-corrected chi connectivity index (χ0v) is 10.9. The van der Waals surface area contributed by atoms with Gasteiger partial charge in [-0.15, -0.1) is 6.42 Å². The predicted molar refractivity (Wildman–Crippen MR) is 75.2 cm³/mol. The number of nitrogens with zero attached hydrogens (tertiary/aromatic N) is 1. The predicted octanol–water partition coefficient (Wildman–Crippen LogP) is 1.79. The maximum Gasteiger partial charge on any atom is 0.0594 e. The van der Waals surface area contributed by atoms with Crippen LogP contribution in [0.5, 0.6) is 0 Å². The first-order chi connectivity index (χ1) is 8.10. The number of anilines is 2. The van der Waals surface area contributed by atoms with Crippen molar-refractivity contribution in [1.29, 1.82) is 0 Å². The standard InChI is InChI=1S/C14H21N3/c1-5-11-8-9-13(16-2)14(15)12(11)7-6-10-17(3)4/h1,8-9,16H,6-7,10,15H2,2-4H3. The number of terminal acetylenes is 1. The van der Waals surface area contributed by atoms with Crippen LogP contribution in [0.25, 0.3) is 0 Å². The van der Waals surface area contributed by atoms with Crippen LogP contribution in [0.1, 0.15) is 17.5 Å². The van der Waals surface area contributed by atoms with E-state index < -0.39 is 0 Å². The molecular formula is C14H21N3. The van der Waals surface area contributed by atoms with Gasteiger partial charge in [0.15, 0.2) is 0 Å². The highest BCUT2D eigenvalue weighted by molar-refractivity contribution is 5.73. The highest BCUT2D eigenvalue weighted by Crippen LogP contribution is 2.26. The summed E-state index contributed by atoms with van der Waals surface area (Å²) in [4.78, 5) is 2.16. The second-order valence-electron chi connectivity index (χ2n) is 4.35. The van der Waals surface area contributed by atoms with Gasteiger partial charge in [0.1, 0.15) is 0 Å². The summed E-state index contributed by atoms with van der Waals surface area (Å²) in [5.41, 5.74) is 9.83. The fourth-order valence-corrected chi connectivity index (χ4v) is 1.86. The highest BCUT2D eigenvalue weighted by Gasteiger charge is 2.08.